The number of fused-ring (bicyclic) bond motifs is 5. The monoisotopic (exact) mass is 472 g/mol. The van der Waals surface area contributed by atoms with Gasteiger partial charge in [0, 0.05) is 48.9 Å². The van der Waals surface area contributed by atoms with E-state index in [1.165, 1.54) is 0 Å². The van der Waals surface area contributed by atoms with E-state index in [1.807, 2.05) is 6.92 Å². The van der Waals surface area contributed by atoms with Crippen LogP contribution in [-0.2, 0) is 4.79 Å². The third-order valence-electron chi connectivity index (χ3n) is 10.6. The highest BCUT2D eigenvalue weighted by atomic mass is 16.5. The fraction of sp³-hybridized carbons (Fsp3) is 0.958. The fourth-order valence-corrected chi connectivity index (χ4v) is 8.83. The van der Waals surface area contributed by atoms with Crippen molar-refractivity contribution in [3.05, 3.63) is 0 Å². The van der Waals surface area contributed by atoms with Crippen molar-refractivity contribution in [1.29, 1.82) is 0 Å². The predicted octanol–water partition coefficient (Wildman–Crippen LogP) is 0.379. The standard InChI is InChI=1S/C24H40O9/c1-12(4-7-18(26)27)14-5-6-15-19-16(10-24(32,33)21(14,15)3)20(2)13(9-23(19,30)31)8-22(28,29)11-17(20)25/h12-17,19,25,28-33H,4-11H2,1-3H3,(H,26,27). The van der Waals surface area contributed by atoms with Crippen molar-refractivity contribution in [3.8, 4) is 0 Å². The average Bonchev–Trinajstić information content (AvgIpc) is 3.00. The minimum atomic E-state index is -2.16. The number of aliphatic hydroxyl groups excluding tert-OH is 1. The van der Waals surface area contributed by atoms with Crippen LogP contribution in [0.4, 0.5) is 0 Å². The molecule has 9 unspecified atom stereocenters. The highest BCUT2D eigenvalue weighted by Gasteiger charge is 2.74. The van der Waals surface area contributed by atoms with Crippen molar-refractivity contribution in [1.82, 2.24) is 0 Å². The topological polar surface area (TPSA) is 179 Å². The summed E-state index contributed by atoms with van der Waals surface area (Å²) >= 11 is 0. The number of aliphatic hydroxyl groups is 7. The zero-order valence-corrected chi connectivity index (χ0v) is 19.7. The number of aliphatic carboxylic acids is 1. The number of hydrogen-bond donors (Lipinski definition) is 8. The molecule has 9 heteroatoms. The summed E-state index contributed by atoms with van der Waals surface area (Å²) in [4.78, 5) is 11.1. The molecule has 0 aromatic heterocycles. The number of hydrogen-bond acceptors (Lipinski definition) is 8. The summed E-state index contributed by atoms with van der Waals surface area (Å²) in [6.45, 7) is 5.49. The largest absolute Gasteiger partial charge is 0.481 e. The normalized spacial score (nSPS) is 48.3. The van der Waals surface area contributed by atoms with Crippen LogP contribution in [-0.4, -0.2) is 70.3 Å². The number of carbonyl (C=O) groups is 1. The van der Waals surface area contributed by atoms with E-state index in [0.29, 0.717) is 19.3 Å². The Bertz CT molecular complexity index is 795. The van der Waals surface area contributed by atoms with Gasteiger partial charge in [-0.25, -0.2) is 0 Å². The second kappa shape index (κ2) is 7.59. The van der Waals surface area contributed by atoms with Gasteiger partial charge in [-0.1, -0.05) is 20.8 Å². The van der Waals surface area contributed by atoms with E-state index in [1.54, 1.807) is 13.8 Å². The Labute approximate surface area is 194 Å². The first-order valence-electron chi connectivity index (χ1n) is 12.2. The van der Waals surface area contributed by atoms with Gasteiger partial charge in [-0.05, 0) is 48.9 Å². The van der Waals surface area contributed by atoms with Gasteiger partial charge in [-0.3, -0.25) is 4.79 Å². The van der Waals surface area contributed by atoms with Crippen molar-refractivity contribution in [2.75, 3.05) is 0 Å². The quantitative estimate of drug-likeness (QED) is 0.268. The van der Waals surface area contributed by atoms with Crippen LogP contribution >= 0.6 is 0 Å². The SMILES string of the molecule is CC(CCC(=O)O)C1CCC2C3C(CC(O)(O)C12C)C1(C)C(O)CC(O)(O)CC1CC3(O)O. The Balaban J connectivity index is 1.74. The molecule has 0 bridgehead atoms. The van der Waals surface area contributed by atoms with E-state index < -0.39 is 63.9 Å². The van der Waals surface area contributed by atoms with Crippen molar-refractivity contribution in [3.63, 3.8) is 0 Å². The summed E-state index contributed by atoms with van der Waals surface area (Å²) < 4.78 is 0. The summed E-state index contributed by atoms with van der Waals surface area (Å²) in [5.41, 5.74) is -2.02. The second-order valence-electron chi connectivity index (χ2n) is 12.2. The third-order valence-corrected chi connectivity index (χ3v) is 10.6. The molecule has 0 aliphatic heterocycles. The van der Waals surface area contributed by atoms with E-state index in [-0.39, 0.29) is 43.9 Å². The van der Waals surface area contributed by atoms with Gasteiger partial charge in [0.2, 0.25) is 0 Å². The molecule has 9 atom stereocenters. The molecule has 0 amide bonds. The summed E-state index contributed by atoms with van der Waals surface area (Å²) in [7, 11) is 0. The van der Waals surface area contributed by atoms with Gasteiger partial charge < -0.3 is 40.9 Å². The van der Waals surface area contributed by atoms with Crippen LogP contribution in [0.2, 0.25) is 0 Å². The molecule has 0 heterocycles. The molecule has 0 spiro atoms. The Morgan fingerprint density at radius 2 is 1.58 bits per heavy atom. The van der Waals surface area contributed by atoms with E-state index in [2.05, 4.69) is 0 Å². The molecule has 4 aliphatic rings. The third kappa shape index (κ3) is 3.58. The number of rotatable bonds is 4. The van der Waals surface area contributed by atoms with Crippen LogP contribution in [0.1, 0.15) is 72.1 Å². The maximum absolute atomic E-state index is 11.5. The maximum Gasteiger partial charge on any atom is 0.303 e. The van der Waals surface area contributed by atoms with Crippen LogP contribution < -0.4 is 0 Å². The summed E-state index contributed by atoms with van der Waals surface area (Å²) in [6.07, 6.45) is -0.361. The van der Waals surface area contributed by atoms with E-state index in [9.17, 15) is 40.5 Å². The first-order valence-corrected chi connectivity index (χ1v) is 12.2. The lowest BCUT2D eigenvalue weighted by molar-refractivity contribution is -0.381. The molecule has 9 nitrogen and oxygen atoms in total. The summed E-state index contributed by atoms with van der Waals surface area (Å²) in [5.74, 6) is -10.1. The van der Waals surface area contributed by atoms with Gasteiger partial charge in [0.1, 0.15) is 0 Å². The molecular weight excluding hydrogens is 432 g/mol. The van der Waals surface area contributed by atoms with Crippen LogP contribution in [0, 0.1) is 46.3 Å². The molecule has 0 radical (unpaired) electrons. The Kier molecular flexibility index (Phi) is 5.82. The van der Waals surface area contributed by atoms with Crippen molar-refractivity contribution < 1.29 is 45.6 Å². The predicted molar refractivity (Wildman–Crippen MR) is 115 cm³/mol. The Morgan fingerprint density at radius 3 is 2.18 bits per heavy atom. The van der Waals surface area contributed by atoms with Gasteiger partial charge in [0.25, 0.3) is 0 Å². The molecule has 4 rings (SSSR count). The first-order chi connectivity index (χ1) is 15.0. The lowest BCUT2D eigenvalue weighted by atomic mass is 9.40. The minimum absolute atomic E-state index is 0.0196. The molecule has 0 saturated heterocycles. The zero-order valence-electron chi connectivity index (χ0n) is 19.7. The number of carboxylic acids is 1. The van der Waals surface area contributed by atoms with Gasteiger partial charge >= 0.3 is 5.97 Å². The molecule has 8 N–H and O–H groups in total. The van der Waals surface area contributed by atoms with Crippen molar-refractivity contribution in [2.24, 2.45) is 46.3 Å². The van der Waals surface area contributed by atoms with Gasteiger partial charge in [-0.2, -0.15) is 0 Å². The van der Waals surface area contributed by atoms with E-state index >= 15 is 0 Å². The van der Waals surface area contributed by atoms with E-state index in [4.69, 9.17) is 5.11 Å². The van der Waals surface area contributed by atoms with Crippen molar-refractivity contribution >= 4 is 5.97 Å². The molecule has 4 aliphatic carbocycles. The van der Waals surface area contributed by atoms with Crippen LogP contribution in [0.5, 0.6) is 0 Å². The van der Waals surface area contributed by atoms with Crippen LogP contribution in [0.15, 0.2) is 0 Å². The van der Waals surface area contributed by atoms with Crippen molar-refractivity contribution in [2.45, 2.75) is 95.6 Å². The van der Waals surface area contributed by atoms with Gasteiger partial charge in [0.15, 0.2) is 17.4 Å². The van der Waals surface area contributed by atoms with Gasteiger partial charge in [-0.15, -0.1) is 0 Å². The summed E-state index contributed by atoms with van der Waals surface area (Å²) in [5, 5.41) is 86.2. The smallest absolute Gasteiger partial charge is 0.303 e. The minimum Gasteiger partial charge on any atom is -0.481 e. The maximum atomic E-state index is 11.5. The van der Waals surface area contributed by atoms with Gasteiger partial charge in [0.05, 0.1) is 6.10 Å². The number of carboxylic acid groups (broad SMARTS) is 1. The summed E-state index contributed by atoms with van der Waals surface area (Å²) in [6, 6.07) is 0. The molecule has 33 heavy (non-hydrogen) atoms. The fourth-order valence-electron chi connectivity index (χ4n) is 8.83. The first kappa shape index (κ1) is 25.3. The molecule has 4 saturated carbocycles. The molecular formula is C24H40O9. The highest BCUT2D eigenvalue weighted by molar-refractivity contribution is 5.66. The van der Waals surface area contributed by atoms with Crippen LogP contribution in [0.25, 0.3) is 0 Å². The average molecular weight is 473 g/mol. The Morgan fingerprint density at radius 1 is 0.939 bits per heavy atom. The molecule has 0 aromatic rings. The van der Waals surface area contributed by atoms with Crippen LogP contribution in [0.3, 0.4) is 0 Å². The zero-order chi connectivity index (χ0) is 24.8. The molecule has 190 valence electrons. The lowest BCUT2D eigenvalue weighted by Gasteiger charge is -2.67. The molecule has 0 aromatic carbocycles. The van der Waals surface area contributed by atoms with E-state index in [0.717, 1.165) is 0 Å². The second-order valence-corrected chi connectivity index (χ2v) is 12.2. The highest BCUT2D eigenvalue weighted by Crippen LogP contribution is 2.72. The molecule has 4 fully saturated rings. The Hall–Kier alpha value is -0.810. The lowest BCUT2D eigenvalue weighted by Crippen LogP contribution is -2.72.